The van der Waals surface area contributed by atoms with E-state index in [0.29, 0.717) is 23.9 Å². The fourth-order valence-electron chi connectivity index (χ4n) is 2.19. The Kier molecular flexibility index (Phi) is 4.66. The lowest BCUT2D eigenvalue weighted by atomic mass is 10.1. The summed E-state index contributed by atoms with van der Waals surface area (Å²) in [5.41, 5.74) is 0.902. The third-order valence-electron chi connectivity index (χ3n) is 3.24. The molecule has 0 aliphatic carbocycles. The van der Waals surface area contributed by atoms with Crippen molar-refractivity contribution in [1.82, 2.24) is 4.90 Å². The van der Waals surface area contributed by atoms with Gasteiger partial charge in [0.2, 0.25) is 0 Å². The zero-order valence-corrected chi connectivity index (χ0v) is 11.7. The van der Waals surface area contributed by atoms with Crippen LogP contribution in [0.2, 0.25) is 5.02 Å². The molecule has 5 heteroatoms. The first-order valence-electron chi connectivity index (χ1n) is 6.41. The normalized spacial score (nSPS) is 19.3. The molecule has 1 aliphatic heterocycles. The van der Waals surface area contributed by atoms with Crippen LogP contribution in [-0.4, -0.2) is 41.7 Å². The van der Waals surface area contributed by atoms with Crippen LogP contribution >= 0.6 is 11.6 Å². The second-order valence-electron chi connectivity index (χ2n) is 4.83. The van der Waals surface area contributed by atoms with E-state index in [2.05, 4.69) is 0 Å². The highest BCUT2D eigenvalue weighted by Crippen LogP contribution is 2.22. The number of likely N-dealkylation sites (tertiary alicyclic amines) is 1. The summed E-state index contributed by atoms with van der Waals surface area (Å²) in [6.45, 7) is 2.98. The second kappa shape index (κ2) is 6.26. The Morgan fingerprint density at radius 2 is 2.37 bits per heavy atom. The number of aliphatic hydroxyl groups excluding tert-OH is 1. The Morgan fingerprint density at radius 1 is 1.58 bits per heavy atom. The molecule has 1 aliphatic rings. The van der Waals surface area contributed by atoms with Gasteiger partial charge in [-0.2, -0.15) is 0 Å². The highest BCUT2D eigenvalue weighted by atomic mass is 35.5. The van der Waals surface area contributed by atoms with Gasteiger partial charge < -0.3 is 14.7 Å². The quantitative estimate of drug-likeness (QED) is 0.923. The number of β-amino-alcohol motifs (C(OH)–C–C–N with tert-alkyl or cyclic N) is 1. The fourth-order valence-corrected chi connectivity index (χ4v) is 2.41. The molecule has 4 nitrogen and oxygen atoms in total. The molecule has 19 heavy (non-hydrogen) atoms. The number of rotatable bonds is 3. The van der Waals surface area contributed by atoms with E-state index in [1.807, 2.05) is 6.92 Å². The number of aliphatic hydroxyl groups is 1. The van der Waals surface area contributed by atoms with Crippen molar-refractivity contribution < 1.29 is 14.6 Å². The van der Waals surface area contributed by atoms with E-state index < -0.39 is 6.10 Å². The summed E-state index contributed by atoms with van der Waals surface area (Å²) in [4.78, 5) is 13.6. The molecule has 1 saturated heterocycles. The number of aryl methyl sites for hydroxylation is 1. The van der Waals surface area contributed by atoms with Gasteiger partial charge >= 0.3 is 0 Å². The molecule has 1 aromatic rings. The summed E-state index contributed by atoms with van der Waals surface area (Å²) in [5, 5.41) is 10.2. The van der Waals surface area contributed by atoms with Crippen molar-refractivity contribution in [1.29, 1.82) is 0 Å². The van der Waals surface area contributed by atoms with Crippen LogP contribution in [0.5, 0.6) is 5.75 Å². The monoisotopic (exact) mass is 283 g/mol. The summed E-state index contributed by atoms with van der Waals surface area (Å²) in [6.07, 6.45) is 1.20. The van der Waals surface area contributed by atoms with Crippen LogP contribution in [0.15, 0.2) is 18.2 Å². The van der Waals surface area contributed by atoms with Gasteiger partial charge in [0, 0.05) is 18.1 Å². The highest BCUT2D eigenvalue weighted by molar-refractivity contribution is 6.30. The maximum atomic E-state index is 12.0. The highest BCUT2D eigenvalue weighted by Gasteiger charge is 2.22. The molecule has 1 fully saturated rings. The van der Waals surface area contributed by atoms with Gasteiger partial charge in [0.1, 0.15) is 5.75 Å². The number of hydrogen-bond acceptors (Lipinski definition) is 3. The standard InChI is InChI=1S/C14H18ClNO3/c1-10-7-11(15)4-5-13(10)19-9-14(18)16-6-2-3-12(17)8-16/h4-5,7,12,17H,2-3,6,8-9H2,1H3. The third kappa shape index (κ3) is 3.85. The van der Waals surface area contributed by atoms with E-state index in [9.17, 15) is 9.90 Å². The van der Waals surface area contributed by atoms with Crippen molar-refractivity contribution in [2.45, 2.75) is 25.9 Å². The Bertz CT molecular complexity index is 464. The van der Waals surface area contributed by atoms with Crippen molar-refractivity contribution in [3.8, 4) is 5.75 Å². The van der Waals surface area contributed by atoms with Gasteiger partial charge in [0.05, 0.1) is 6.10 Å². The predicted octanol–water partition coefficient (Wildman–Crippen LogP) is 2.01. The zero-order valence-electron chi connectivity index (χ0n) is 10.9. The summed E-state index contributed by atoms with van der Waals surface area (Å²) < 4.78 is 5.51. The first kappa shape index (κ1) is 14.2. The molecule has 1 N–H and O–H groups in total. The van der Waals surface area contributed by atoms with E-state index in [0.717, 1.165) is 18.4 Å². The van der Waals surface area contributed by atoms with Crippen LogP contribution in [0.3, 0.4) is 0 Å². The minimum atomic E-state index is -0.407. The average Bonchev–Trinajstić information content (AvgIpc) is 2.37. The third-order valence-corrected chi connectivity index (χ3v) is 3.47. The smallest absolute Gasteiger partial charge is 0.260 e. The number of nitrogens with zero attached hydrogens (tertiary/aromatic N) is 1. The van der Waals surface area contributed by atoms with E-state index >= 15 is 0 Å². The largest absolute Gasteiger partial charge is 0.483 e. The number of halogens is 1. The number of carbonyl (C=O) groups is 1. The molecule has 1 heterocycles. The van der Waals surface area contributed by atoms with Crippen LogP contribution in [0, 0.1) is 6.92 Å². The maximum Gasteiger partial charge on any atom is 0.260 e. The average molecular weight is 284 g/mol. The van der Waals surface area contributed by atoms with Crippen LogP contribution in [0.1, 0.15) is 18.4 Å². The molecule has 0 saturated carbocycles. The van der Waals surface area contributed by atoms with Gasteiger partial charge in [-0.3, -0.25) is 4.79 Å². The Hall–Kier alpha value is -1.26. The van der Waals surface area contributed by atoms with Crippen molar-refractivity contribution in [3.63, 3.8) is 0 Å². The first-order chi connectivity index (χ1) is 9.06. The van der Waals surface area contributed by atoms with E-state index in [-0.39, 0.29) is 12.5 Å². The van der Waals surface area contributed by atoms with Crippen LogP contribution in [0.25, 0.3) is 0 Å². The molecule has 104 valence electrons. The Morgan fingerprint density at radius 3 is 3.05 bits per heavy atom. The second-order valence-corrected chi connectivity index (χ2v) is 5.27. The number of piperidine rings is 1. The molecular weight excluding hydrogens is 266 g/mol. The molecular formula is C14H18ClNO3. The number of benzene rings is 1. The minimum absolute atomic E-state index is 0.00477. The van der Waals surface area contributed by atoms with Gasteiger partial charge in [-0.15, -0.1) is 0 Å². The first-order valence-corrected chi connectivity index (χ1v) is 6.79. The molecule has 0 aromatic heterocycles. The lowest BCUT2D eigenvalue weighted by molar-refractivity contribution is -0.136. The molecule has 1 aromatic carbocycles. The van der Waals surface area contributed by atoms with Crippen molar-refractivity contribution in [2.24, 2.45) is 0 Å². The zero-order chi connectivity index (χ0) is 13.8. The van der Waals surface area contributed by atoms with Gasteiger partial charge in [-0.05, 0) is 43.5 Å². The molecule has 1 atom stereocenters. The van der Waals surface area contributed by atoms with E-state index in [4.69, 9.17) is 16.3 Å². The maximum absolute atomic E-state index is 12.0. The summed E-state index contributed by atoms with van der Waals surface area (Å²) in [7, 11) is 0. The molecule has 0 radical (unpaired) electrons. The number of ether oxygens (including phenoxy) is 1. The number of carbonyl (C=O) groups excluding carboxylic acids is 1. The number of amides is 1. The number of hydrogen-bond donors (Lipinski definition) is 1. The van der Waals surface area contributed by atoms with E-state index in [1.165, 1.54) is 0 Å². The fraction of sp³-hybridized carbons (Fsp3) is 0.500. The summed E-state index contributed by atoms with van der Waals surface area (Å²) >= 11 is 5.86. The van der Waals surface area contributed by atoms with Gasteiger partial charge in [-0.25, -0.2) is 0 Å². The van der Waals surface area contributed by atoms with Crippen LogP contribution in [0.4, 0.5) is 0 Å². The lowest BCUT2D eigenvalue weighted by Gasteiger charge is -2.30. The van der Waals surface area contributed by atoms with Crippen molar-refractivity contribution in [3.05, 3.63) is 28.8 Å². The lowest BCUT2D eigenvalue weighted by Crippen LogP contribution is -2.44. The predicted molar refractivity (Wildman–Crippen MR) is 73.5 cm³/mol. The summed E-state index contributed by atoms with van der Waals surface area (Å²) in [5.74, 6) is 0.573. The Labute approximate surface area is 117 Å². The minimum Gasteiger partial charge on any atom is -0.483 e. The molecule has 1 amide bonds. The van der Waals surface area contributed by atoms with Crippen LogP contribution in [-0.2, 0) is 4.79 Å². The molecule has 2 rings (SSSR count). The molecule has 0 spiro atoms. The van der Waals surface area contributed by atoms with E-state index in [1.54, 1.807) is 23.1 Å². The van der Waals surface area contributed by atoms with Gasteiger partial charge in [0.15, 0.2) is 6.61 Å². The van der Waals surface area contributed by atoms with Crippen molar-refractivity contribution >= 4 is 17.5 Å². The Balaban J connectivity index is 1.89. The van der Waals surface area contributed by atoms with Gasteiger partial charge in [-0.1, -0.05) is 11.6 Å². The summed E-state index contributed by atoms with van der Waals surface area (Å²) in [6, 6.07) is 5.29. The SMILES string of the molecule is Cc1cc(Cl)ccc1OCC(=O)N1CCCC(O)C1. The van der Waals surface area contributed by atoms with Crippen LogP contribution < -0.4 is 4.74 Å². The molecule has 0 bridgehead atoms. The van der Waals surface area contributed by atoms with Gasteiger partial charge in [0.25, 0.3) is 5.91 Å². The van der Waals surface area contributed by atoms with Crippen molar-refractivity contribution in [2.75, 3.05) is 19.7 Å². The molecule has 1 unspecified atom stereocenters. The topological polar surface area (TPSA) is 49.8 Å².